The summed E-state index contributed by atoms with van der Waals surface area (Å²) in [7, 11) is 0. The monoisotopic (exact) mass is 436 g/mol. The van der Waals surface area contributed by atoms with Crippen molar-refractivity contribution in [1.29, 1.82) is 0 Å². The van der Waals surface area contributed by atoms with Crippen molar-refractivity contribution in [2.24, 2.45) is 5.92 Å². The standard InChI is InChI=1S/C18H15F7N4O/c19-13-6-10(4-5-12(13)17(20,21)22)28-16-27-8-11(14(29-16)18(23,24)25)15(30)26-7-9-2-1-3-9/h4-6,8-9H,1-3,7H2,(H,26,30)(H,27,28,29). The van der Waals surface area contributed by atoms with E-state index < -0.39 is 46.8 Å². The zero-order chi connectivity index (χ0) is 22.1. The highest BCUT2D eigenvalue weighted by Gasteiger charge is 2.38. The van der Waals surface area contributed by atoms with Crippen molar-refractivity contribution in [3.05, 3.63) is 47.0 Å². The molecule has 5 nitrogen and oxygen atoms in total. The maximum Gasteiger partial charge on any atom is 0.434 e. The van der Waals surface area contributed by atoms with Crippen LogP contribution in [0.1, 0.15) is 40.9 Å². The first-order valence-electron chi connectivity index (χ1n) is 8.81. The first kappa shape index (κ1) is 21.8. The van der Waals surface area contributed by atoms with Gasteiger partial charge in [0.25, 0.3) is 5.91 Å². The number of aromatic nitrogens is 2. The van der Waals surface area contributed by atoms with Crippen LogP contribution in [0.5, 0.6) is 0 Å². The smallest absolute Gasteiger partial charge is 0.352 e. The number of halogens is 7. The van der Waals surface area contributed by atoms with Gasteiger partial charge in [-0.05, 0) is 37.0 Å². The zero-order valence-electron chi connectivity index (χ0n) is 15.2. The number of hydrogen-bond acceptors (Lipinski definition) is 4. The van der Waals surface area contributed by atoms with E-state index in [1.54, 1.807) is 0 Å². The Hall–Kier alpha value is -2.92. The molecule has 0 radical (unpaired) electrons. The van der Waals surface area contributed by atoms with Crippen LogP contribution < -0.4 is 10.6 Å². The Kier molecular flexibility index (Phi) is 5.86. The largest absolute Gasteiger partial charge is 0.434 e. The highest BCUT2D eigenvalue weighted by atomic mass is 19.4. The summed E-state index contributed by atoms with van der Waals surface area (Å²) in [5.74, 6) is -3.03. The third-order valence-corrected chi connectivity index (χ3v) is 4.61. The van der Waals surface area contributed by atoms with Gasteiger partial charge in [-0.15, -0.1) is 0 Å². The molecular weight excluding hydrogens is 421 g/mol. The molecule has 0 bridgehead atoms. The topological polar surface area (TPSA) is 66.9 Å². The minimum atomic E-state index is -4.99. The number of hydrogen-bond donors (Lipinski definition) is 2. The summed E-state index contributed by atoms with van der Waals surface area (Å²) in [6.45, 7) is 0.237. The molecule has 1 aliphatic rings. The molecule has 2 N–H and O–H groups in total. The molecule has 1 aliphatic carbocycles. The van der Waals surface area contributed by atoms with Gasteiger partial charge in [0.1, 0.15) is 5.82 Å². The Morgan fingerprint density at radius 1 is 1.10 bits per heavy atom. The first-order chi connectivity index (χ1) is 13.9. The molecular formula is C18H15F7N4O. The number of carbonyl (C=O) groups is 1. The van der Waals surface area contributed by atoms with Crippen LogP contribution in [0.15, 0.2) is 24.4 Å². The first-order valence-corrected chi connectivity index (χ1v) is 8.81. The maximum atomic E-state index is 13.6. The molecule has 0 unspecified atom stereocenters. The summed E-state index contributed by atoms with van der Waals surface area (Å²) in [5.41, 5.74) is -4.12. The van der Waals surface area contributed by atoms with Gasteiger partial charge in [0.2, 0.25) is 5.95 Å². The lowest BCUT2D eigenvalue weighted by Gasteiger charge is -2.25. The third-order valence-electron chi connectivity index (χ3n) is 4.61. The van der Waals surface area contributed by atoms with E-state index in [1.807, 2.05) is 0 Å². The van der Waals surface area contributed by atoms with Crippen LogP contribution in [0.2, 0.25) is 0 Å². The van der Waals surface area contributed by atoms with Crippen LogP contribution >= 0.6 is 0 Å². The van der Waals surface area contributed by atoms with E-state index in [9.17, 15) is 35.5 Å². The fourth-order valence-corrected chi connectivity index (χ4v) is 2.81. The second-order valence-corrected chi connectivity index (χ2v) is 6.78. The second kappa shape index (κ2) is 8.07. The van der Waals surface area contributed by atoms with Crippen LogP contribution in [0.4, 0.5) is 42.4 Å². The lowest BCUT2D eigenvalue weighted by Crippen LogP contribution is -2.33. The van der Waals surface area contributed by atoms with Gasteiger partial charge in [-0.3, -0.25) is 4.79 Å². The molecule has 30 heavy (non-hydrogen) atoms. The molecule has 2 aromatic rings. The third kappa shape index (κ3) is 4.97. The van der Waals surface area contributed by atoms with Gasteiger partial charge >= 0.3 is 12.4 Å². The summed E-state index contributed by atoms with van der Waals surface area (Å²) in [4.78, 5) is 19.0. The van der Waals surface area contributed by atoms with Crippen LogP contribution in [0.3, 0.4) is 0 Å². The maximum absolute atomic E-state index is 13.6. The van der Waals surface area contributed by atoms with Gasteiger partial charge in [-0.2, -0.15) is 26.3 Å². The van der Waals surface area contributed by atoms with E-state index in [4.69, 9.17) is 0 Å². The number of nitrogens with one attached hydrogen (secondary N) is 2. The summed E-state index contributed by atoms with van der Waals surface area (Å²) in [5, 5.41) is 4.62. The van der Waals surface area contributed by atoms with Gasteiger partial charge in [-0.25, -0.2) is 14.4 Å². The van der Waals surface area contributed by atoms with Crippen molar-refractivity contribution in [2.75, 3.05) is 11.9 Å². The van der Waals surface area contributed by atoms with Crippen molar-refractivity contribution in [3.8, 4) is 0 Å². The van der Waals surface area contributed by atoms with Gasteiger partial charge < -0.3 is 10.6 Å². The molecule has 3 rings (SSSR count). The zero-order valence-corrected chi connectivity index (χ0v) is 15.2. The Bertz CT molecular complexity index is 939. The Labute approximate surface area is 165 Å². The number of alkyl halides is 6. The van der Waals surface area contributed by atoms with E-state index in [0.717, 1.165) is 25.3 Å². The summed E-state index contributed by atoms with van der Waals surface area (Å²) < 4.78 is 91.6. The van der Waals surface area contributed by atoms with Gasteiger partial charge in [0, 0.05) is 18.4 Å². The van der Waals surface area contributed by atoms with E-state index in [2.05, 4.69) is 20.6 Å². The highest BCUT2D eigenvalue weighted by molar-refractivity contribution is 5.95. The Morgan fingerprint density at radius 2 is 1.80 bits per heavy atom. The minimum Gasteiger partial charge on any atom is -0.352 e. The number of rotatable bonds is 5. The molecule has 1 heterocycles. The molecule has 1 aromatic carbocycles. The van der Waals surface area contributed by atoms with Crippen molar-refractivity contribution in [2.45, 2.75) is 31.6 Å². The van der Waals surface area contributed by atoms with Gasteiger partial charge in [0.15, 0.2) is 5.69 Å². The summed E-state index contributed by atoms with van der Waals surface area (Å²) in [6.07, 6.45) is -6.48. The predicted molar refractivity (Wildman–Crippen MR) is 91.4 cm³/mol. The lowest BCUT2D eigenvalue weighted by molar-refractivity contribution is -0.141. The van der Waals surface area contributed by atoms with Crippen molar-refractivity contribution >= 4 is 17.5 Å². The second-order valence-electron chi connectivity index (χ2n) is 6.78. The molecule has 0 aliphatic heterocycles. The molecule has 1 saturated carbocycles. The van der Waals surface area contributed by atoms with Crippen molar-refractivity contribution in [3.63, 3.8) is 0 Å². The molecule has 1 aromatic heterocycles. The van der Waals surface area contributed by atoms with E-state index >= 15 is 0 Å². The fraction of sp³-hybridized carbons (Fsp3) is 0.389. The molecule has 1 fully saturated rings. The molecule has 0 atom stereocenters. The number of benzene rings is 1. The number of nitrogens with zero attached hydrogens (tertiary/aromatic N) is 2. The van der Waals surface area contributed by atoms with Crippen LogP contribution in [-0.4, -0.2) is 22.4 Å². The van der Waals surface area contributed by atoms with Crippen LogP contribution in [-0.2, 0) is 12.4 Å². The molecule has 0 spiro atoms. The average molecular weight is 436 g/mol. The van der Waals surface area contributed by atoms with E-state index in [1.165, 1.54) is 0 Å². The summed E-state index contributed by atoms with van der Waals surface area (Å²) >= 11 is 0. The summed E-state index contributed by atoms with van der Waals surface area (Å²) in [6, 6.07) is 1.71. The number of anilines is 2. The predicted octanol–water partition coefficient (Wildman–Crippen LogP) is 4.93. The molecule has 162 valence electrons. The van der Waals surface area contributed by atoms with Crippen molar-refractivity contribution < 1.29 is 35.5 Å². The number of amides is 1. The quantitative estimate of drug-likeness (QED) is 0.653. The van der Waals surface area contributed by atoms with E-state index in [0.29, 0.717) is 18.3 Å². The normalized spacial score (nSPS) is 14.9. The van der Waals surface area contributed by atoms with Crippen molar-refractivity contribution in [1.82, 2.24) is 15.3 Å². The highest BCUT2D eigenvalue weighted by Crippen LogP contribution is 2.34. The minimum absolute atomic E-state index is 0.222. The van der Waals surface area contributed by atoms with Gasteiger partial charge in [0.05, 0.1) is 11.1 Å². The lowest BCUT2D eigenvalue weighted by atomic mass is 9.85. The molecule has 12 heteroatoms. The molecule has 1 amide bonds. The Balaban J connectivity index is 1.82. The average Bonchev–Trinajstić information content (AvgIpc) is 2.58. The van der Waals surface area contributed by atoms with Gasteiger partial charge in [-0.1, -0.05) is 6.42 Å². The Morgan fingerprint density at radius 3 is 2.33 bits per heavy atom. The van der Waals surface area contributed by atoms with Crippen LogP contribution in [0.25, 0.3) is 0 Å². The molecule has 0 saturated heterocycles. The number of carbonyl (C=O) groups excluding carboxylic acids is 1. The fourth-order valence-electron chi connectivity index (χ4n) is 2.81. The van der Waals surface area contributed by atoms with E-state index in [-0.39, 0.29) is 18.2 Å². The van der Waals surface area contributed by atoms with Crippen LogP contribution in [0, 0.1) is 11.7 Å². The SMILES string of the molecule is O=C(NCC1CCC1)c1cnc(Nc2ccc(C(F)(F)F)c(F)c2)nc1C(F)(F)F.